The highest BCUT2D eigenvalue weighted by molar-refractivity contribution is 5.30. The molecule has 7 heteroatoms. The second kappa shape index (κ2) is 7.61. The van der Waals surface area contributed by atoms with Crippen molar-refractivity contribution in [2.24, 2.45) is 5.41 Å². The molecular weight excluding hydrogens is 306 g/mol. The Bertz CT molecular complexity index is 543. The molecule has 7 nitrogen and oxygen atoms in total. The molecule has 2 aliphatic heterocycles. The molecule has 2 saturated heterocycles. The average molecular weight is 335 g/mol. The summed E-state index contributed by atoms with van der Waals surface area (Å²) < 4.78 is 13.6. The summed E-state index contributed by atoms with van der Waals surface area (Å²) in [6.45, 7) is 13.0. The largest absolute Gasteiger partial charge is 0.381 e. The van der Waals surface area contributed by atoms with E-state index in [9.17, 15) is 0 Å². The van der Waals surface area contributed by atoms with Crippen LogP contribution in [-0.4, -0.2) is 59.2 Å². The highest BCUT2D eigenvalue weighted by Gasteiger charge is 2.37. The summed E-state index contributed by atoms with van der Waals surface area (Å²) in [5.74, 6) is 0.801. The maximum atomic E-state index is 6.19. The van der Waals surface area contributed by atoms with Gasteiger partial charge in [0.25, 0.3) is 0 Å². The van der Waals surface area contributed by atoms with Crippen molar-refractivity contribution in [3.63, 3.8) is 0 Å². The van der Waals surface area contributed by atoms with Crippen LogP contribution in [0.4, 0.5) is 5.95 Å². The zero-order valence-electron chi connectivity index (χ0n) is 14.9. The maximum absolute atomic E-state index is 6.19. The Balaban J connectivity index is 1.59. The van der Waals surface area contributed by atoms with Gasteiger partial charge in [-0.1, -0.05) is 17.3 Å². The molecular formula is C17H29N5O2. The van der Waals surface area contributed by atoms with Crippen LogP contribution in [0, 0.1) is 5.41 Å². The van der Waals surface area contributed by atoms with E-state index in [4.69, 9.17) is 9.47 Å². The fraction of sp³-hybridized carbons (Fsp3) is 0.824. The summed E-state index contributed by atoms with van der Waals surface area (Å²) in [4.78, 5) is 2.14. The lowest BCUT2D eigenvalue weighted by atomic mass is 9.75. The third kappa shape index (κ3) is 3.95. The van der Waals surface area contributed by atoms with Crippen LogP contribution in [0.1, 0.15) is 39.5 Å². The van der Waals surface area contributed by atoms with Gasteiger partial charge >= 0.3 is 0 Å². The van der Waals surface area contributed by atoms with Crippen LogP contribution in [0.25, 0.3) is 0 Å². The van der Waals surface area contributed by atoms with Crippen LogP contribution >= 0.6 is 0 Å². The van der Waals surface area contributed by atoms with E-state index in [0.717, 1.165) is 63.7 Å². The SMILES string of the molecule is C=C(C)CN(CC)c1nnnn1CC1CCC2(CCOCC2)CO1. The zero-order valence-corrected chi connectivity index (χ0v) is 14.9. The first kappa shape index (κ1) is 17.4. The lowest BCUT2D eigenvalue weighted by Gasteiger charge is -2.42. The van der Waals surface area contributed by atoms with E-state index in [2.05, 4.69) is 33.9 Å². The lowest BCUT2D eigenvalue weighted by molar-refractivity contribution is -0.109. The molecule has 1 unspecified atom stereocenters. The molecule has 3 rings (SSSR count). The van der Waals surface area contributed by atoms with Crippen molar-refractivity contribution in [2.75, 3.05) is 37.8 Å². The first-order valence-corrected chi connectivity index (χ1v) is 8.97. The monoisotopic (exact) mass is 335 g/mol. The van der Waals surface area contributed by atoms with Gasteiger partial charge in [0, 0.05) is 26.3 Å². The minimum atomic E-state index is 0.184. The summed E-state index contributed by atoms with van der Waals surface area (Å²) >= 11 is 0. The first-order chi connectivity index (χ1) is 11.6. The van der Waals surface area contributed by atoms with Gasteiger partial charge in [0.15, 0.2) is 0 Å². The molecule has 2 fully saturated rings. The molecule has 0 saturated carbocycles. The van der Waals surface area contributed by atoms with Crippen molar-refractivity contribution in [1.82, 2.24) is 20.2 Å². The molecule has 0 amide bonds. The van der Waals surface area contributed by atoms with Crippen molar-refractivity contribution in [1.29, 1.82) is 0 Å². The normalized spacial score (nSPS) is 23.3. The van der Waals surface area contributed by atoms with Crippen LogP contribution in [-0.2, 0) is 16.0 Å². The van der Waals surface area contributed by atoms with Crippen molar-refractivity contribution >= 4 is 5.95 Å². The van der Waals surface area contributed by atoms with Crippen molar-refractivity contribution in [3.05, 3.63) is 12.2 Å². The van der Waals surface area contributed by atoms with Crippen molar-refractivity contribution in [2.45, 2.75) is 52.2 Å². The van der Waals surface area contributed by atoms with Crippen molar-refractivity contribution in [3.8, 4) is 0 Å². The Morgan fingerprint density at radius 1 is 1.38 bits per heavy atom. The molecule has 134 valence electrons. The Labute approximate surface area is 144 Å². The predicted octanol–water partition coefficient (Wildman–Crippen LogP) is 2.05. The quantitative estimate of drug-likeness (QED) is 0.741. The van der Waals surface area contributed by atoms with E-state index < -0.39 is 0 Å². The molecule has 1 spiro atoms. The molecule has 0 aromatic carbocycles. The summed E-state index contributed by atoms with van der Waals surface area (Å²) in [5, 5.41) is 12.2. The molecule has 1 aromatic heterocycles. The van der Waals surface area contributed by atoms with Crippen LogP contribution < -0.4 is 4.90 Å². The number of likely N-dealkylation sites (N-methyl/N-ethyl adjacent to an activating group) is 1. The minimum absolute atomic E-state index is 0.184. The third-order valence-corrected chi connectivity index (χ3v) is 5.19. The predicted molar refractivity (Wildman–Crippen MR) is 92.0 cm³/mol. The van der Waals surface area contributed by atoms with E-state index in [0.29, 0.717) is 12.0 Å². The van der Waals surface area contributed by atoms with Crippen molar-refractivity contribution < 1.29 is 9.47 Å². The highest BCUT2D eigenvalue weighted by Crippen LogP contribution is 2.40. The molecule has 2 aliphatic rings. The van der Waals surface area contributed by atoms with Crippen LogP contribution in [0.3, 0.4) is 0 Å². The summed E-state index contributed by atoms with van der Waals surface area (Å²) in [6, 6.07) is 0. The second-order valence-electron chi connectivity index (χ2n) is 7.22. The number of anilines is 1. The Kier molecular flexibility index (Phi) is 5.50. The fourth-order valence-corrected chi connectivity index (χ4v) is 3.65. The maximum Gasteiger partial charge on any atom is 0.245 e. The second-order valence-corrected chi connectivity index (χ2v) is 7.22. The molecule has 1 atom stereocenters. The van der Waals surface area contributed by atoms with Gasteiger partial charge in [0.2, 0.25) is 5.95 Å². The summed E-state index contributed by atoms with van der Waals surface area (Å²) in [5.41, 5.74) is 1.44. The number of hydrogen-bond donors (Lipinski definition) is 0. The smallest absolute Gasteiger partial charge is 0.245 e. The van der Waals surface area contributed by atoms with Gasteiger partial charge in [-0.3, -0.25) is 0 Å². The number of nitrogens with zero attached hydrogens (tertiary/aromatic N) is 5. The lowest BCUT2D eigenvalue weighted by Crippen LogP contribution is -2.41. The molecule has 24 heavy (non-hydrogen) atoms. The number of ether oxygens (including phenoxy) is 2. The molecule has 0 N–H and O–H groups in total. The zero-order chi connectivity index (χ0) is 17.0. The molecule has 1 aromatic rings. The van der Waals surface area contributed by atoms with E-state index in [1.54, 1.807) is 0 Å². The van der Waals surface area contributed by atoms with E-state index in [-0.39, 0.29) is 6.10 Å². The van der Waals surface area contributed by atoms with E-state index in [1.807, 2.05) is 11.6 Å². The third-order valence-electron chi connectivity index (χ3n) is 5.19. The molecule has 0 radical (unpaired) electrons. The molecule has 3 heterocycles. The van der Waals surface area contributed by atoms with Crippen LogP contribution in [0.15, 0.2) is 12.2 Å². The minimum Gasteiger partial charge on any atom is -0.381 e. The first-order valence-electron chi connectivity index (χ1n) is 8.97. The fourth-order valence-electron chi connectivity index (χ4n) is 3.65. The highest BCUT2D eigenvalue weighted by atomic mass is 16.5. The van der Waals surface area contributed by atoms with Crippen LogP contribution in [0.2, 0.25) is 0 Å². The number of rotatable bonds is 6. The van der Waals surface area contributed by atoms with Gasteiger partial charge in [-0.25, -0.2) is 4.68 Å². The van der Waals surface area contributed by atoms with Gasteiger partial charge in [-0.2, -0.15) is 0 Å². The summed E-state index contributed by atoms with van der Waals surface area (Å²) in [7, 11) is 0. The van der Waals surface area contributed by atoms with E-state index >= 15 is 0 Å². The number of hydrogen-bond acceptors (Lipinski definition) is 6. The summed E-state index contributed by atoms with van der Waals surface area (Å²) in [6.07, 6.45) is 4.70. The molecule has 0 bridgehead atoms. The Hall–Kier alpha value is -1.47. The van der Waals surface area contributed by atoms with Gasteiger partial charge in [0.05, 0.1) is 19.3 Å². The van der Waals surface area contributed by atoms with E-state index in [1.165, 1.54) is 6.42 Å². The standard InChI is InChI=1S/C17H29N5O2/c1-4-21(11-14(2)3)16-18-19-20-22(16)12-15-5-6-17(13-24-15)7-9-23-10-8-17/h15H,2,4-13H2,1,3H3. The van der Waals surface area contributed by atoms with Crippen LogP contribution in [0.5, 0.6) is 0 Å². The Morgan fingerprint density at radius 3 is 2.79 bits per heavy atom. The molecule has 0 aliphatic carbocycles. The van der Waals surface area contributed by atoms with Gasteiger partial charge in [-0.15, -0.1) is 0 Å². The number of aromatic nitrogens is 4. The van der Waals surface area contributed by atoms with Gasteiger partial charge in [-0.05, 0) is 55.4 Å². The van der Waals surface area contributed by atoms with Gasteiger partial charge in [0.1, 0.15) is 0 Å². The average Bonchev–Trinajstić information content (AvgIpc) is 3.03. The Morgan fingerprint density at radius 2 is 2.17 bits per heavy atom. The number of tetrazole rings is 1. The van der Waals surface area contributed by atoms with Gasteiger partial charge < -0.3 is 14.4 Å². The topological polar surface area (TPSA) is 65.3 Å².